The Balaban J connectivity index is 3.48. The SMILES string of the molecule is CP(=O)(O)OBr. The van der Waals surface area contributed by atoms with Gasteiger partial charge in [-0.3, -0.25) is 4.57 Å². The van der Waals surface area contributed by atoms with Crippen LogP contribution in [0.3, 0.4) is 0 Å². The largest absolute Gasteiger partial charge is 0.335 e. The summed E-state index contributed by atoms with van der Waals surface area (Å²) in [6, 6.07) is 0. The molecule has 38 valence electrons. The quantitative estimate of drug-likeness (QED) is 0.607. The van der Waals surface area contributed by atoms with E-state index >= 15 is 0 Å². The van der Waals surface area contributed by atoms with Gasteiger partial charge in [0.15, 0.2) is 0 Å². The molecule has 0 aromatic heterocycles. The molecule has 0 amide bonds. The highest BCUT2D eigenvalue weighted by Crippen LogP contribution is 2.38. The van der Waals surface area contributed by atoms with E-state index in [1.165, 1.54) is 0 Å². The molecule has 1 atom stereocenters. The van der Waals surface area contributed by atoms with Crippen LogP contribution in [0.1, 0.15) is 0 Å². The van der Waals surface area contributed by atoms with Gasteiger partial charge < -0.3 is 4.89 Å². The van der Waals surface area contributed by atoms with Gasteiger partial charge in [0, 0.05) is 6.66 Å². The average molecular weight is 175 g/mol. The van der Waals surface area contributed by atoms with Crippen LogP contribution in [0.25, 0.3) is 0 Å². The first-order chi connectivity index (χ1) is 2.56. The lowest BCUT2D eigenvalue weighted by molar-refractivity contribution is 0.416. The summed E-state index contributed by atoms with van der Waals surface area (Å²) in [4.78, 5) is 8.11. The molecule has 0 saturated carbocycles. The van der Waals surface area contributed by atoms with E-state index in [2.05, 4.69) is 19.9 Å². The number of halogens is 1. The molecule has 0 spiro atoms. The summed E-state index contributed by atoms with van der Waals surface area (Å²) < 4.78 is 13.7. The van der Waals surface area contributed by atoms with Crippen molar-refractivity contribution in [3.63, 3.8) is 0 Å². The first-order valence-corrected chi connectivity index (χ1v) is 3.84. The van der Waals surface area contributed by atoms with Gasteiger partial charge in [0.1, 0.15) is 16.3 Å². The van der Waals surface area contributed by atoms with E-state index in [0.29, 0.717) is 0 Å². The lowest BCUT2D eigenvalue weighted by Crippen LogP contribution is -1.68. The minimum absolute atomic E-state index is 1.09. The minimum atomic E-state index is -3.23. The van der Waals surface area contributed by atoms with Crippen LogP contribution in [0.5, 0.6) is 0 Å². The molecule has 1 N–H and O–H groups in total. The van der Waals surface area contributed by atoms with Gasteiger partial charge >= 0.3 is 7.60 Å². The van der Waals surface area contributed by atoms with Gasteiger partial charge in [0.2, 0.25) is 0 Å². The first-order valence-electron chi connectivity index (χ1n) is 1.17. The van der Waals surface area contributed by atoms with Gasteiger partial charge in [-0.25, -0.2) is 3.62 Å². The number of hydrogen-bond acceptors (Lipinski definition) is 2. The summed E-state index contributed by atoms with van der Waals surface area (Å²) in [5.41, 5.74) is 0. The Labute approximate surface area is 44.3 Å². The molecule has 6 heavy (non-hydrogen) atoms. The Hall–Kier alpha value is 0.630. The molecule has 0 aliphatic carbocycles. The summed E-state index contributed by atoms with van der Waals surface area (Å²) in [5.74, 6) is 0. The lowest BCUT2D eigenvalue weighted by atomic mass is 12.0. The third-order valence-electron chi connectivity index (χ3n) is 0.128. The predicted molar refractivity (Wildman–Crippen MR) is 25.8 cm³/mol. The molecule has 1 unspecified atom stereocenters. The van der Waals surface area contributed by atoms with Gasteiger partial charge in [0.25, 0.3) is 0 Å². The maximum Gasteiger partial charge on any atom is 0.335 e. The summed E-state index contributed by atoms with van der Waals surface area (Å²) >= 11 is 2.36. The Morgan fingerprint density at radius 3 is 2.17 bits per heavy atom. The van der Waals surface area contributed by atoms with Crippen LogP contribution < -0.4 is 0 Å². The van der Waals surface area contributed by atoms with Crippen LogP contribution in [0.15, 0.2) is 0 Å². The fraction of sp³-hybridized carbons (Fsp3) is 1.00. The Bertz CT molecular complexity index is 74.9. The van der Waals surface area contributed by atoms with Gasteiger partial charge in [-0.2, -0.15) is 0 Å². The summed E-state index contributed by atoms with van der Waals surface area (Å²) in [6.07, 6.45) is 0. The summed E-state index contributed by atoms with van der Waals surface area (Å²) in [6.45, 7) is 1.09. The third-order valence-corrected chi connectivity index (χ3v) is 2.00. The van der Waals surface area contributed by atoms with Crippen molar-refractivity contribution in [3.05, 3.63) is 0 Å². The van der Waals surface area contributed by atoms with Gasteiger partial charge in [-0.1, -0.05) is 0 Å². The van der Waals surface area contributed by atoms with Crippen molar-refractivity contribution in [1.82, 2.24) is 0 Å². The molecule has 0 aliphatic rings. The van der Waals surface area contributed by atoms with Crippen LogP contribution in [0.2, 0.25) is 0 Å². The molecule has 0 bridgehead atoms. The van der Waals surface area contributed by atoms with Crippen LogP contribution in [-0.2, 0) is 8.18 Å². The zero-order valence-electron chi connectivity index (χ0n) is 3.09. The van der Waals surface area contributed by atoms with Gasteiger partial charge in [0.05, 0.1) is 0 Å². The van der Waals surface area contributed by atoms with E-state index < -0.39 is 7.60 Å². The molecular weight excluding hydrogens is 171 g/mol. The molecule has 0 fully saturated rings. The topological polar surface area (TPSA) is 46.5 Å². The molecule has 0 saturated heterocycles. The van der Waals surface area contributed by atoms with Crippen LogP contribution in [-0.4, -0.2) is 11.6 Å². The normalized spacial score (nSPS) is 19.8. The molecular formula is CH4BrO3P. The fourth-order valence-electron chi connectivity index (χ4n) is 0. The highest BCUT2D eigenvalue weighted by Gasteiger charge is 2.05. The third kappa shape index (κ3) is 4.63. The average Bonchev–Trinajstić information content (AvgIpc) is 1.35. The van der Waals surface area contributed by atoms with Crippen molar-refractivity contribution in [3.8, 4) is 0 Å². The molecule has 5 heteroatoms. The van der Waals surface area contributed by atoms with E-state index in [4.69, 9.17) is 4.89 Å². The van der Waals surface area contributed by atoms with Crippen molar-refractivity contribution in [2.75, 3.05) is 6.66 Å². The van der Waals surface area contributed by atoms with Crippen molar-refractivity contribution < 1.29 is 13.1 Å². The van der Waals surface area contributed by atoms with E-state index in [0.717, 1.165) is 6.66 Å². The second-order valence-corrected chi connectivity index (χ2v) is 3.48. The smallest absolute Gasteiger partial charge is 0.324 e. The van der Waals surface area contributed by atoms with E-state index in [9.17, 15) is 4.57 Å². The van der Waals surface area contributed by atoms with E-state index in [-0.39, 0.29) is 0 Å². The van der Waals surface area contributed by atoms with Gasteiger partial charge in [-0.15, -0.1) is 0 Å². The van der Waals surface area contributed by atoms with Crippen LogP contribution >= 0.6 is 23.9 Å². The number of rotatable bonds is 1. The Morgan fingerprint density at radius 2 is 2.17 bits per heavy atom. The zero-order valence-corrected chi connectivity index (χ0v) is 5.57. The van der Waals surface area contributed by atoms with E-state index in [1.54, 1.807) is 0 Å². The molecule has 0 aliphatic heterocycles. The van der Waals surface area contributed by atoms with E-state index in [1.807, 2.05) is 0 Å². The first kappa shape index (κ1) is 6.63. The molecule has 0 aromatic rings. The molecule has 0 rings (SSSR count). The molecule has 3 nitrogen and oxygen atoms in total. The van der Waals surface area contributed by atoms with Crippen LogP contribution in [0.4, 0.5) is 0 Å². The molecule has 0 heterocycles. The zero-order chi connectivity index (χ0) is 5.21. The standard InChI is InChI=1S/CH4BrO3P/c1-6(3,4)5-2/h1H3,(H,3,4). The van der Waals surface area contributed by atoms with Crippen LogP contribution in [0, 0.1) is 0 Å². The summed E-state index contributed by atoms with van der Waals surface area (Å²) in [5, 5.41) is 0. The second kappa shape index (κ2) is 2.07. The van der Waals surface area contributed by atoms with Crippen molar-refractivity contribution in [2.45, 2.75) is 0 Å². The number of hydrogen-bond donors (Lipinski definition) is 1. The summed E-state index contributed by atoms with van der Waals surface area (Å²) in [7, 11) is -3.23. The molecule has 0 aromatic carbocycles. The fourth-order valence-corrected chi connectivity index (χ4v) is 0. The van der Waals surface area contributed by atoms with Crippen molar-refractivity contribution in [2.24, 2.45) is 0 Å². The minimum Gasteiger partial charge on any atom is -0.324 e. The van der Waals surface area contributed by atoms with Crippen molar-refractivity contribution >= 4 is 23.9 Å². The Morgan fingerprint density at radius 1 is 2.00 bits per heavy atom. The molecule has 0 radical (unpaired) electrons. The second-order valence-electron chi connectivity index (χ2n) is 0.872. The predicted octanol–water partition coefficient (Wildman–Crippen LogP) is 1.13. The van der Waals surface area contributed by atoms with Gasteiger partial charge in [-0.05, 0) is 0 Å². The lowest BCUT2D eigenvalue weighted by Gasteiger charge is -1.92. The van der Waals surface area contributed by atoms with Crippen molar-refractivity contribution in [1.29, 1.82) is 0 Å². The Kier molecular flexibility index (Phi) is 2.29. The maximum atomic E-state index is 9.87. The maximum absolute atomic E-state index is 9.87. The highest BCUT2D eigenvalue weighted by molar-refractivity contribution is 9.06. The highest BCUT2D eigenvalue weighted by atomic mass is 79.9. The monoisotopic (exact) mass is 174 g/mol.